The molecule has 6 nitrogen and oxygen atoms in total. The van der Waals surface area contributed by atoms with Gasteiger partial charge in [-0.1, -0.05) is 6.07 Å². The van der Waals surface area contributed by atoms with Crippen molar-refractivity contribution in [3.05, 3.63) is 55.6 Å². The summed E-state index contributed by atoms with van der Waals surface area (Å²) in [6.07, 6.45) is 1.07. The van der Waals surface area contributed by atoms with E-state index in [1.807, 2.05) is 24.0 Å². The summed E-state index contributed by atoms with van der Waals surface area (Å²) in [5.41, 5.74) is 1.83. The maximum Gasteiger partial charge on any atom is 0.261 e. The lowest BCUT2D eigenvalue weighted by Gasteiger charge is -2.27. The Bertz CT molecular complexity index is 869. The lowest BCUT2D eigenvalue weighted by atomic mass is 10.1. The highest BCUT2D eigenvalue weighted by Crippen LogP contribution is 2.28. The number of pyridine rings is 1. The number of aryl methyl sites for hydroxylation is 1. The average Bonchev–Trinajstić information content (AvgIpc) is 3.03. The maximum atomic E-state index is 12.5. The fourth-order valence-electron chi connectivity index (χ4n) is 3.06. The molecule has 0 bridgehead atoms. The summed E-state index contributed by atoms with van der Waals surface area (Å²) in [5, 5.41) is 2.63. The lowest BCUT2D eigenvalue weighted by Crippen LogP contribution is -2.36. The van der Waals surface area contributed by atoms with E-state index in [2.05, 4.69) is 5.32 Å². The van der Waals surface area contributed by atoms with Gasteiger partial charge in [-0.15, -0.1) is 11.3 Å². The van der Waals surface area contributed by atoms with Gasteiger partial charge in [0.15, 0.2) is 0 Å². The Morgan fingerprint density at radius 2 is 2.12 bits per heavy atom. The van der Waals surface area contributed by atoms with Crippen molar-refractivity contribution in [1.82, 2.24) is 14.8 Å². The molecule has 7 heteroatoms. The molecule has 1 aliphatic heterocycles. The summed E-state index contributed by atoms with van der Waals surface area (Å²) in [6.45, 7) is 3.44. The summed E-state index contributed by atoms with van der Waals surface area (Å²) in [7, 11) is 1.62. The molecule has 2 aromatic heterocycles. The molecule has 0 saturated heterocycles. The normalized spacial score (nSPS) is 13.4. The lowest BCUT2D eigenvalue weighted by molar-refractivity contribution is -0.132. The zero-order chi connectivity index (χ0) is 18.0. The van der Waals surface area contributed by atoms with Gasteiger partial charge in [-0.3, -0.25) is 14.4 Å². The Kier molecular flexibility index (Phi) is 5.03. The smallest absolute Gasteiger partial charge is 0.261 e. The van der Waals surface area contributed by atoms with Crippen LogP contribution in [0, 0.1) is 6.92 Å². The Balaban J connectivity index is 1.65. The van der Waals surface area contributed by atoms with Crippen molar-refractivity contribution in [3.8, 4) is 0 Å². The number of hydrogen-bond donors (Lipinski definition) is 1. The number of nitrogens with zero attached hydrogens (tertiary/aromatic N) is 2. The third-order valence-electron chi connectivity index (χ3n) is 4.49. The number of carbonyl (C=O) groups is 2. The van der Waals surface area contributed by atoms with E-state index < -0.39 is 0 Å². The Labute approximate surface area is 150 Å². The molecule has 3 rings (SSSR count). The van der Waals surface area contributed by atoms with Crippen LogP contribution in [0.15, 0.2) is 29.1 Å². The maximum absolute atomic E-state index is 12.5. The van der Waals surface area contributed by atoms with E-state index in [-0.39, 0.29) is 17.4 Å². The highest BCUT2D eigenvalue weighted by atomic mass is 32.1. The molecule has 2 amide bonds. The minimum Gasteiger partial charge on any atom is -0.354 e. The number of carbonyl (C=O) groups excluding carboxylic acids is 2. The SMILES string of the molecule is CNC(=O)c1cc2c(s1)CCN(C(=O)CCn1c(C)cccc1=O)C2. The first-order valence-electron chi connectivity index (χ1n) is 8.27. The molecule has 2 aromatic rings. The number of fused-ring (bicyclic) bond motifs is 1. The minimum atomic E-state index is -0.0868. The van der Waals surface area contributed by atoms with Crippen molar-refractivity contribution in [2.45, 2.75) is 32.9 Å². The van der Waals surface area contributed by atoms with Gasteiger partial charge in [0.1, 0.15) is 0 Å². The third-order valence-corrected chi connectivity index (χ3v) is 5.72. The first kappa shape index (κ1) is 17.4. The fraction of sp³-hybridized carbons (Fsp3) is 0.389. The molecule has 1 N–H and O–H groups in total. The van der Waals surface area contributed by atoms with Gasteiger partial charge < -0.3 is 14.8 Å². The molecule has 0 aromatic carbocycles. The van der Waals surface area contributed by atoms with Gasteiger partial charge in [-0.05, 0) is 31.0 Å². The van der Waals surface area contributed by atoms with Crippen LogP contribution in [0.2, 0.25) is 0 Å². The Morgan fingerprint density at radius 3 is 2.84 bits per heavy atom. The van der Waals surface area contributed by atoms with Crippen LogP contribution in [-0.4, -0.2) is 34.9 Å². The number of rotatable bonds is 4. The van der Waals surface area contributed by atoms with E-state index >= 15 is 0 Å². The Hall–Kier alpha value is -2.41. The molecule has 0 aliphatic carbocycles. The van der Waals surface area contributed by atoms with Gasteiger partial charge in [0.05, 0.1) is 4.88 Å². The first-order valence-corrected chi connectivity index (χ1v) is 9.09. The summed E-state index contributed by atoms with van der Waals surface area (Å²) >= 11 is 1.50. The predicted molar refractivity (Wildman–Crippen MR) is 96.9 cm³/mol. The quantitative estimate of drug-likeness (QED) is 0.900. The van der Waals surface area contributed by atoms with Crippen LogP contribution in [0.25, 0.3) is 0 Å². The van der Waals surface area contributed by atoms with Crippen LogP contribution in [0.5, 0.6) is 0 Å². The van der Waals surface area contributed by atoms with Gasteiger partial charge in [-0.2, -0.15) is 0 Å². The van der Waals surface area contributed by atoms with Gasteiger partial charge in [0.2, 0.25) is 5.91 Å². The summed E-state index contributed by atoms with van der Waals surface area (Å²) < 4.78 is 1.63. The van der Waals surface area contributed by atoms with E-state index in [0.29, 0.717) is 30.9 Å². The van der Waals surface area contributed by atoms with Gasteiger partial charge in [0, 0.05) is 49.7 Å². The predicted octanol–water partition coefficient (Wildman–Crippen LogP) is 1.55. The van der Waals surface area contributed by atoms with Crippen molar-refractivity contribution >= 4 is 23.2 Å². The zero-order valence-electron chi connectivity index (χ0n) is 14.4. The fourth-order valence-corrected chi connectivity index (χ4v) is 4.17. The molecule has 25 heavy (non-hydrogen) atoms. The summed E-state index contributed by atoms with van der Waals surface area (Å²) in [4.78, 5) is 39.9. The van der Waals surface area contributed by atoms with Crippen LogP contribution in [0.1, 0.15) is 32.2 Å². The number of thiophene rings is 1. The van der Waals surface area contributed by atoms with E-state index in [1.165, 1.54) is 22.3 Å². The van der Waals surface area contributed by atoms with Crippen molar-refractivity contribution < 1.29 is 9.59 Å². The second kappa shape index (κ2) is 7.23. The van der Waals surface area contributed by atoms with Crippen LogP contribution >= 0.6 is 11.3 Å². The molecular formula is C18H21N3O3S. The highest BCUT2D eigenvalue weighted by molar-refractivity contribution is 7.14. The number of nitrogens with one attached hydrogen (secondary N) is 1. The standard InChI is InChI=1S/C18H21N3O3S/c1-12-4-3-5-17(23)21(12)9-7-16(22)20-8-6-14-13(11-20)10-15(25-14)18(24)19-2/h3-5,10H,6-9,11H2,1-2H3,(H,19,24). The number of hydrogen-bond acceptors (Lipinski definition) is 4. The van der Waals surface area contributed by atoms with Crippen molar-refractivity contribution in [1.29, 1.82) is 0 Å². The molecule has 132 valence electrons. The van der Waals surface area contributed by atoms with E-state index in [9.17, 15) is 14.4 Å². The van der Waals surface area contributed by atoms with Crippen molar-refractivity contribution in [3.63, 3.8) is 0 Å². The van der Waals surface area contributed by atoms with E-state index in [1.54, 1.807) is 17.7 Å². The van der Waals surface area contributed by atoms with Crippen LogP contribution in [0.4, 0.5) is 0 Å². The molecule has 0 fully saturated rings. The van der Waals surface area contributed by atoms with Crippen molar-refractivity contribution in [2.24, 2.45) is 0 Å². The van der Waals surface area contributed by atoms with Crippen LogP contribution in [0.3, 0.4) is 0 Å². The van der Waals surface area contributed by atoms with Crippen LogP contribution in [-0.2, 0) is 24.3 Å². The average molecular weight is 359 g/mol. The molecule has 3 heterocycles. The molecular weight excluding hydrogens is 338 g/mol. The minimum absolute atomic E-state index is 0.0356. The summed E-state index contributed by atoms with van der Waals surface area (Å²) in [6, 6.07) is 6.98. The number of amides is 2. The highest BCUT2D eigenvalue weighted by Gasteiger charge is 2.24. The topological polar surface area (TPSA) is 71.4 Å². The van der Waals surface area contributed by atoms with E-state index in [0.717, 1.165) is 17.7 Å². The zero-order valence-corrected chi connectivity index (χ0v) is 15.2. The van der Waals surface area contributed by atoms with Gasteiger partial charge in [0.25, 0.3) is 11.5 Å². The molecule has 0 atom stereocenters. The molecule has 1 aliphatic rings. The monoisotopic (exact) mass is 359 g/mol. The molecule has 0 unspecified atom stereocenters. The number of aromatic nitrogens is 1. The molecule has 0 spiro atoms. The molecule has 0 radical (unpaired) electrons. The summed E-state index contributed by atoms with van der Waals surface area (Å²) in [5.74, 6) is -0.0512. The second-order valence-electron chi connectivity index (χ2n) is 6.11. The largest absolute Gasteiger partial charge is 0.354 e. The third kappa shape index (κ3) is 3.66. The van der Waals surface area contributed by atoms with E-state index in [4.69, 9.17) is 0 Å². The second-order valence-corrected chi connectivity index (χ2v) is 7.25. The van der Waals surface area contributed by atoms with Crippen LogP contribution < -0.4 is 10.9 Å². The van der Waals surface area contributed by atoms with Gasteiger partial charge >= 0.3 is 0 Å². The van der Waals surface area contributed by atoms with Gasteiger partial charge in [-0.25, -0.2) is 0 Å². The molecule has 0 saturated carbocycles. The van der Waals surface area contributed by atoms with Crippen molar-refractivity contribution in [2.75, 3.05) is 13.6 Å². The first-order chi connectivity index (χ1) is 12.0. The Morgan fingerprint density at radius 1 is 1.32 bits per heavy atom.